The van der Waals surface area contributed by atoms with Gasteiger partial charge in [-0.15, -0.1) is 0 Å². The number of hydrogen-bond donors (Lipinski definition) is 3. The third-order valence-electron chi connectivity index (χ3n) is 1.32. The molecule has 0 spiro atoms. The Hall–Kier alpha value is 3.19. The predicted octanol–water partition coefficient (Wildman–Crippen LogP) is 2.88. The molecule has 1 aliphatic carbocycles. The summed E-state index contributed by atoms with van der Waals surface area (Å²) in [6.07, 6.45) is 9.50. The zero-order chi connectivity index (χ0) is 12.9. The smallest absolute Gasteiger partial charge is 0 e. The molecule has 1 fully saturated rings. The molecular weight excluding hydrogens is 465 g/mol. The third-order valence-corrected chi connectivity index (χ3v) is 1.32. The first kappa shape index (κ1) is 49.5. The van der Waals surface area contributed by atoms with Gasteiger partial charge in [-0.1, -0.05) is 26.2 Å². The minimum atomic E-state index is 0. The largest absolute Gasteiger partial charge is 0.486 e. The van der Waals surface area contributed by atoms with Gasteiger partial charge in [0.15, 0.2) is 0 Å². The minimum Gasteiger partial charge on any atom is -0.486 e. The van der Waals surface area contributed by atoms with E-state index in [1.807, 2.05) is 6.92 Å². The molecule has 0 saturated heterocycles. The Bertz CT molecular complexity index is 46.9. The van der Waals surface area contributed by atoms with Crippen LogP contribution in [0.25, 0.3) is 0 Å². The third kappa shape index (κ3) is 92.4. The van der Waals surface area contributed by atoms with E-state index in [1.165, 1.54) is 32.1 Å². The molecule has 0 heterocycles. The fourth-order valence-corrected chi connectivity index (χ4v) is 0.898. The molecule has 0 aromatic carbocycles. The van der Waals surface area contributed by atoms with E-state index in [4.69, 9.17) is 5.73 Å². The molecule has 3 radical (unpaired) electrons. The first-order valence-electron chi connectivity index (χ1n) is 5.46. The normalized spacial score (nSPS) is 9.47. The zero-order valence-electron chi connectivity index (χ0n) is 13.4. The van der Waals surface area contributed by atoms with Gasteiger partial charge in [0.25, 0.3) is 0 Å². The SMILES string of the molecule is CCN.[CH-]1CCCCC1.[CH2-]C.[CH2-]N.[CH2-]N.[CH3-].[Y].[Y].[Y]. The average Bonchev–Trinajstić information content (AvgIpc) is 2.40. The molecule has 0 bridgehead atoms. The van der Waals surface area contributed by atoms with Crippen LogP contribution in [0, 0.1) is 34.9 Å². The van der Waals surface area contributed by atoms with Crippen molar-refractivity contribution in [1.29, 1.82) is 0 Å². The Labute approximate surface area is 199 Å². The van der Waals surface area contributed by atoms with Gasteiger partial charge in [0.1, 0.15) is 0 Å². The Kier molecular flexibility index (Phi) is 217. The van der Waals surface area contributed by atoms with Gasteiger partial charge in [-0.2, -0.15) is 19.8 Å². The van der Waals surface area contributed by atoms with Crippen molar-refractivity contribution in [2.75, 3.05) is 6.54 Å². The van der Waals surface area contributed by atoms with Gasteiger partial charge in [-0.25, -0.2) is 0 Å². The molecule has 0 unspecified atom stereocenters. The van der Waals surface area contributed by atoms with Gasteiger partial charge in [-0.3, -0.25) is 14.1 Å². The summed E-state index contributed by atoms with van der Waals surface area (Å²) in [6.45, 7) is 7.65. The van der Waals surface area contributed by atoms with Crippen LogP contribution in [0.2, 0.25) is 0 Å². The van der Waals surface area contributed by atoms with Crippen LogP contribution in [0.4, 0.5) is 0 Å². The van der Waals surface area contributed by atoms with Crippen molar-refractivity contribution in [1.82, 2.24) is 0 Å². The molecule has 1 saturated carbocycles. The molecule has 0 aromatic heterocycles. The first-order chi connectivity index (χ1) is 7.41. The number of nitrogens with two attached hydrogens (primary N) is 3. The monoisotopic (exact) mass is 499 g/mol. The zero-order valence-corrected chi connectivity index (χ0v) is 21.9. The van der Waals surface area contributed by atoms with Crippen LogP contribution in [-0.2, 0) is 98.1 Å². The average molecular weight is 499 g/mol. The molecule has 0 amide bonds. The summed E-state index contributed by atoms with van der Waals surface area (Å²) < 4.78 is 0. The second-order valence-corrected chi connectivity index (χ2v) is 2.33. The molecule has 0 aliphatic heterocycles. The second kappa shape index (κ2) is 83.2. The van der Waals surface area contributed by atoms with Gasteiger partial charge in [0.05, 0.1) is 0 Å². The van der Waals surface area contributed by atoms with Crippen molar-refractivity contribution in [2.45, 2.75) is 46.0 Å². The second-order valence-electron chi connectivity index (χ2n) is 2.33. The molecular formula is C13H34N3Y3-5. The molecule has 115 valence electrons. The maximum Gasteiger partial charge on any atom is 0 e. The van der Waals surface area contributed by atoms with Gasteiger partial charge in [0, 0.05) is 98.1 Å². The van der Waals surface area contributed by atoms with Crippen LogP contribution in [0.3, 0.4) is 0 Å². The summed E-state index contributed by atoms with van der Waals surface area (Å²) >= 11 is 0. The van der Waals surface area contributed by atoms with E-state index in [1.54, 1.807) is 6.92 Å². The van der Waals surface area contributed by atoms with E-state index >= 15 is 0 Å². The van der Waals surface area contributed by atoms with E-state index in [0.717, 1.165) is 6.54 Å². The van der Waals surface area contributed by atoms with Crippen molar-refractivity contribution in [3.05, 3.63) is 34.9 Å². The summed E-state index contributed by atoms with van der Waals surface area (Å²) in [4.78, 5) is 0. The predicted molar refractivity (Wildman–Crippen MR) is 78.6 cm³/mol. The Morgan fingerprint density at radius 2 is 1.05 bits per heavy atom. The van der Waals surface area contributed by atoms with Gasteiger partial charge < -0.3 is 38.0 Å². The standard InChI is InChI=1S/C6H11.C2H7N.C2H5.2CH4N.CH3.3Y/c1-2-4-6-5-3-1;1-2-3;3*1-2;;;;/h1H,2-6H2;2-3H2,1H3;1H2,2H3;2*1-2H2;1H3;;;/q-1;;4*-1;;;. The van der Waals surface area contributed by atoms with Crippen molar-refractivity contribution >= 4 is 0 Å². The van der Waals surface area contributed by atoms with Crippen molar-refractivity contribution in [3.63, 3.8) is 0 Å². The van der Waals surface area contributed by atoms with E-state index in [-0.39, 0.29) is 106 Å². The molecule has 0 atom stereocenters. The molecule has 1 aliphatic rings. The van der Waals surface area contributed by atoms with Crippen LogP contribution in [0.5, 0.6) is 0 Å². The molecule has 6 heteroatoms. The van der Waals surface area contributed by atoms with Crippen molar-refractivity contribution < 1.29 is 98.1 Å². The molecule has 3 nitrogen and oxygen atoms in total. The van der Waals surface area contributed by atoms with Crippen molar-refractivity contribution in [3.8, 4) is 0 Å². The fourth-order valence-electron chi connectivity index (χ4n) is 0.898. The van der Waals surface area contributed by atoms with Gasteiger partial charge >= 0.3 is 0 Å². The topological polar surface area (TPSA) is 78.1 Å². The van der Waals surface area contributed by atoms with Gasteiger partial charge in [0.2, 0.25) is 0 Å². The fraction of sp³-hybridized carbons (Fsp3) is 0.615. The van der Waals surface area contributed by atoms with Crippen LogP contribution in [0.15, 0.2) is 0 Å². The summed E-state index contributed by atoms with van der Waals surface area (Å²) in [5, 5.41) is 0. The van der Waals surface area contributed by atoms with Crippen LogP contribution in [-0.4, -0.2) is 6.54 Å². The van der Waals surface area contributed by atoms with Crippen LogP contribution < -0.4 is 17.2 Å². The molecule has 0 aromatic rings. The summed E-state index contributed by atoms with van der Waals surface area (Å²) in [6, 6.07) is 0. The first-order valence-corrected chi connectivity index (χ1v) is 5.46. The van der Waals surface area contributed by atoms with Crippen LogP contribution in [0.1, 0.15) is 46.0 Å². The number of hydrogen-bond acceptors (Lipinski definition) is 3. The number of rotatable bonds is 0. The molecule has 19 heavy (non-hydrogen) atoms. The Morgan fingerprint density at radius 3 is 1.11 bits per heavy atom. The van der Waals surface area contributed by atoms with Crippen LogP contribution >= 0.6 is 0 Å². The van der Waals surface area contributed by atoms with E-state index in [9.17, 15) is 0 Å². The minimum absolute atomic E-state index is 0. The van der Waals surface area contributed by atoms with E-state index in [0.29, 0.717) is 0 Å². The Balaban J connectivity index is -0.0000000140. The summed E-state index contributed by atoms with van der Waals surface area (Å²) in [7, 11) is 5.50. The summed E-state index contributed by atoms with van der Waals surface area (Å²) in [5.74, 6) is 0. The Morgan fingerprint density at radius 1 is 0.842 bits per heavy atom. The maximum atomic E-state index is 4.85. The van der Waals surface area contributed by atoms with E-state index < -0.39 is 0 Å². The van der Waals surface area contributed by atoms with Crippen molar-refractivity contribution in [2.24, 2.45) is 17.2 Å². The van der Waals surface area contributed by atoms with E-state index in [2.05, 4.69) is 38.9 Å². The molecule has 1 rings (SSSR count). The summed E-state index contributed by atoms with van der Waals surface area (Å²) in [5.41, 5.74) is 13.3. The molecule has 6 N–H and O–H groups in total. The maximum absolute atomic E-state index is 4.85. The quantitative estimate of drug-likeness (QED) is 0.449. The van der Waals surface area contributed by atoms with Gasteiger partial charge in [-0.05, 0) is 6.54 Å².